The van der Waals surface area contributed by atoms with Gasteiger partial charge in [0.1, 0.15) is 6.61 Å². The van der Waals surface area contributed by atoms with E-state index in [1.807, 2.05) is 0 Å². The molecule has 1 N–H and O–H groups in total. The lowest BCUT2D eigenvalue weighted by atomic mass is 10.1. The summed E-state index contributed by atoms with van der Waals surface area (Å²) in [5.41, 5.74) is 0.141. The van der Waals surface area contributed by atoms with Gasteiger partial charge in [0.2, 0.25) is 0 Å². The molecule has 4 nitrogen and oxygen atoms in total. The number of rotatable bonds is 8. The van der Waals surface area contributed by atoms with Gasteiger partial charge in [0.05, 0.1) is 12.7 Å². The minimum atomic E-state index is -4.44. The maximum absolute atomic E-state index is 14.3. The SMILES string of the molecule is C#CCOc1ccc(CC(F)C(=O)NCc2ccc(C(F)(F)F)cc2)cc1OC. The Morgan fingerprint density at radius 1 is 1.14 bits per heavy atom. The van der Waals surface area contributed by atoms with Gasteiger partial charge in [-0.15, -0.1) is 6.42 Å². The number of hydrogen-bond acceptors (Lipinski definition) is 3. The lowest BCUT2D eigenvalue weighted by Crippen LogP contribution is -2.32. The number of amides is 1. The van der Waals surface area contributed by atoms with E-state index in [4.69, 9.17) is 15.9 Å². The van der Waals surface area contributed by atoms with Crippen LogP contribution >= 0.6 is 0 Å². The molecule has 2 aromatic rings. The summed E-state index contributed by atoms with van der Waals surface area (Å²) in [6.07, 6.45) is -1.35. The van der Waals surface area contributed by atoms with Crippen LogP contribution in [0.4, 0.5) is 17.6 Å². The van der Waals surface area contributed by atoms with Gasteiger partial charge in [0.15, 0.2) is 17.7 Å². The van der Waals surface area contributed by atoms with Gasteiger partial charge in [-0.05, 0) is 35.4 Å². The van der Waals surface area contributed by atoms with Crippen molar-refractivity contribution < 1.29 is 31.8 Å². The smallest absolute Gasteiger partial charge is 0.416 e. The van der Waals surface area contributed by atoms with Crippen LogP contribution < -0.4 is 14.8 Å². The predicted molar refractivity (Wildman–Crippen MR) is 99.2 cm³/mol. The van der Waals surface area contributed by atoms with E-state index in [1.54, 1.807) is 18.2 Å². The van der Waals surface area contributed by atoms with Gasteiger partial charge < -0.3 is 14.8 Å². The molecule has 0 fully saturated rings. The quantitative estimate of drug-likeness (QED) is 0.531. The summed E-state index contributed by atoms with van der Waals surface area (Å²) in [5.74, 6) is 2.21. The van der Waals surface area contributed by atoms with Gasteiger partial charge >= 0.3 is 6.18 Å². The molecule has 29 heavy (non-hydrogen) atoms. The van der Waals surface area contributed by atoms with Crippen LogP contribution in [-0.2, 0) is 23.9 Å². The van der Waals surface area contributed by atoms with Crippen molar-refractivity contribution in [2.75, 3.05) is 13.7 Å². The van der Waals surface area contributed by atoms with Crippen molar-refractivity contribution in [1.29, 1.82) is 0 Å². The molecule has 1 atom stereocenters. The van der Waals surface area contributed by atoms with Gasteiger partial charge in [-0.25, -0.2) is 4.39 Å². The zero-order valence-electron chi connectivity index (χ0n) is 15.6. The molecular weight excluding hydrogens is 390 g/mol. The summed E-state index contributed by atoms with van der Waals surface area (Å²) in [6, 6.07) is 8.98. The zero-order valence-corrected chi connectivity index (χ0v) is 15.6. The van der Waals surface area contributed by atoms with Gasteiger partial charge in [-0.3, -0.25) is 4.79 Å². The zero-order chi connectivity index (χ0) is 21.4. The van der Waals surface area contributed by atoms with Gasteiger partial charge in [0, 0.05) is 13.0 Å². The van der Waals surface area contributed by atoms with Crippen molar-refractivity contribution in [1.82, 2.24) is 5.32 Å². The number of nitrogens with one attached hydrogen (secondary N) is 1. The predicted octanol–water partition coefficient (Wildman–Crippen LogP) is 3.92. The monoisotopic (exact) mass is 409 g/mol. The fourth-order valence-corrected chi connectivity index (χ4v) is 2.49. The van der Waals surface area contributed by atoms with Gasteiger partial charge in [-0.2, -0.15) is 13.2 Å². The highest BCUT2D eigenvalue weighted by molar-refractivity contribution is 5.81. The van der Waals surface area contributed by atoms with Gasteiger partial charge in [0.25, 0.3) is 5.91 Å². The Kier molecular flexibility index (Phi) is 7.48. The Bertz CT molecular complexity index is 873. The number of halogens is 4. The van der Waals surface area contributed by atoms with Crippen molar-refractivity contribution in [3.63, 3.8) is 0 Å². The third-order valence-corrected chi connectivity index (χ3v) is 3.99. The molecule has 0 aliphatic heterocycles. The molecule has 0 aliphatic rings. The average Bonchev–Trinajstić information content (AvgIpc) is 2.70. The van der Waals surface area contributed by atoms with Crippen LogP contribution in [0, 0.1) is 12.3 Å². The highest BCUT2D eigenvalue weighted by Crippen LogP contribution is 2.30. The molecule has 0 saturated heterocycles. The van der Waals surface area contributed by atoms with Crippen LogP contribution in [0.1, 0.15) is 16.7 Å². The van der Waals surface area contributed by atoms with Crippen molar-refractivity contribution in [3.8, 4) is 23.8 Å². The maximum Gasteiger partial charge on any atom is 0.416 e. The van der Waals surface area contributed by atoms with Crippen LogP contribution in [0.25, 0.3) is 0 Å². The largest absolute Gasteiger partial charge is 0.493 e. The summed E-state index contributed by atoms with van der Waals surface area (Å²) in [4.78, 5) is 12.0. The lowest BCUT2D eigenvalue weighted by molar-refractivity contribution is -0.137. The van der Waals surface area contributed by atoms with E-state index >= 15 is 0 Å². The number of carbonyl (C=O) groups is 1. The molecule has 154 valence electrons. The van der Waals surface area contributed by atoms with E-state index in [1.165, 1.54) is 19.2 Å². The first-order valence-electron chi connectivity index (χ1n) is 8.55. The number of carbonyl (C=O) groups excluding carboxylic acids is 1. The van der Waals surface area contributed by atoms with Crippen LogP contribution in [0.3, 0.4) is 0 Å². The topological polar surface area (TPSA) is 47.6 Å². The number of terminal acetylenes is 1. The van der Waals surface area contributed by atoms with Crippen LogP contribution in [0.2, 0.25) is 0 Å². The molecule has 0 saturated carbocycles. The fourth-order valence-electron chi connectivity index (χ4n) is 2.49. The fraction of sp³-hybridized carbons (Fsp3) is 0.286. The number of ether oxygens (including phenoxy) is 2. The normalized spacial score (nSPS) is 12.0. The van der Waals surface area contributed by atoms with Crippen molar-refractivity contribution >= 4 is 5.91 Å². The highest BCUT2D eigenvalue weighted by Gasteiger charge is 2.30. The molecular formula is C21H19F4NO3. The molecule has 1 amide bonds. The van der Waals surface area contributed by atoms with E-state index < -0.39 is 23.8 Å². The minimum Gasteiger partial charge on any atom is -0.493 e. The third kappa shape index (κ3) is 6.42. The Labute approximate surface area is 165 Å². The second-order valence-electron chi connectivity index (χ2n) is 6.06. The summed E-state index contributed by atoms with van der Waals surface area (Å²) in [7, 11) is 1.42. The summed E-state index contributed by atoms with van der Waals surface area (Å²) in [5, 5.41) is 2.37. The molecule has 8 heteroatoms. The minimum absolute atomic E-state index is 0.0494. The Morgan fingerprint density at radius 2 is 1.79 bits per heavy atom. The molecule has 0 aromatic heterocycles. The number of alkyl halides is 4. The van der Waals surface area contributed by atoms with Crippen LogP contribution in [0.15, 0.2) is 42.5 Å². The summed E-state index contributed by atoms with van der Waals surface area (Å²) >= 11 is 0. The third-order valence-electron chi connectivity index (χ3n) is 3.99. The molecule has 2 aromatic carbocycles. The highest BCUT2D eigenvalue weighted by atomic mass is 19.4. The van der Waals surface area contributed by atoms with Crippen molar-refractivity contribution in [2.24, 2.45) is 0 Å². The second-order valence-corrected chi connectivity index (χ2v) is 6.06. The molecule has 2 rings (SSSR count). The number of hydrogen-bond donors (Lipinski definition) is 1. The first-order valence-corrected chi connectivity index (χ1v) is 8.55. The molecule has 0 radical (unpaired) electrons. The van der Waals surface area contributed by atoms with E-state index in [0.717, 1.165) is 12.1 Å². The Morgan fingerprint density at radius 3 is 2.38 bits per heavy atom. The maximum atomic E-state index is 14.3. The van der Waals surface area contributed by atoms with E-state index in [9.17, 15) is 22.4 Å². The first-order chi connectivity index (χ1) is 13.7. The van der Waals surface area contributed by atoms with E-state index in [2.05, 4.69) is 11.2 Å². The molecule has 0 bridgehead atoms. The molecule has 0 aliphatic carbocycles. The van der Waals surface area contributed by atoms with Crippen LogP contribution in [-0.4, -0.2) is 25.8 Å². The summed E-state index contributed by atoms with van der Waals surface area (Å²) in [6.45, 7) is -0.0343. The van der Waals surface area contributed by atoms with Gasteiger partial charge in [-0.1, -0.05) is 24.1 Å². The van der Waals surface area contributed by atoms with Crippen molar-refractivity contribution in [2.45, 2.75) is 25.3 Å². The van der Waals surface area contributed by atoms with Crippen LogP contribution in [0.5, 0.6) is 11.5 Å². The number of benzene rings is 2. The molecule has 0 spiro atoms. The van der Waals surface area contributed by atoms with E-state index in [0.29, 0.717) is 22.6 Å². The standard InChI is InChI=1S/C21H19F4NO3/c1-3-10-29-18-9-6-15(12-19(18)28-2)11-17(22)20(27)26-13-14-4-7-16(8-5-14)21(23,24)25/h1,4-9,12,17H,10-11,13H2,2H3,(H,26,27). The summed E-state index contributed by atoms with van der Waals surface area (Å²) < 4.78 is 62.4. The Hall–Kier alpha value is -3.21. The molecule has 1 unspecified atom stereocenters. The lowest BCUT2D eigenvalue weighted by Gasteiger charge is -2.13. The Balaban J connectivity index is 1.92. The first kappa shape index (κ1) is 22.1. The average molecular weight is 409 g/mol. The number of methoxy groups -OCH3 is 1. The van der Waals surface area contributed by atoms with Crippen molar-refractivity contribution in [3.05, 3.63) is 59.2 Å². The van der Waals surface area contributed by atoms with E-state index in [-0.39, 0.29) is 19.6 Å². The second kappa shape index (κ2) is 9.82. The molecule has 0 heterocycles.